The fourth-order valence-electron chi connectivity index (χ4n) is 2.70. The van der Waals surface area contributed by atoms with Gasteiger partial charge in [0.2, 0.25) is 0 Å². The number of hydrogen-bond donors (Lipinski definition) is 1. The van der Waals surface area contributed by atoms with Crippen molar-refractivity contribution in [2.75, 3.05) is 6.61 Å². The first kappa shape index (κ1) is 13.6. The predicted octanol–water partition coefficient (Wildman–Crippen LogP) is 3.69. The van der Waals surface area contributed by atoms with Gasteiger partial charge in [-0.25, -0.2) is 0 Å². The van der Waals surface area contributed by atoms with Gasteiger partial charge in [-0.1, -0.05) is 18.2 Å². The third kappa shape index (κ3) is 3.33. The molecular formula is C16H24O2. The van der Waals surface area contributed by atoms with Crippen molar-refractivity contribution >= 4 is 0 Å². The molecule has 0 radical (unpaired) electrons. The molecule has 1 aliphatic heterocycles. The van der Waals surface area contributed by atoms with E-state index >= 15 is 0 Å². The molecule has 0 saturated carbocycles. The zero-order valence-electron chi connectivity index (χ0n) is 11.5. The standard InChI is InChI=1S/C16H24O2/c1-12-6-3-9-15(13(12)2)16(17)10-4-7-14-8-5-11-18-14/h3,6,9,14,16-17H,4-5,7-8,10-11H2,1-2H3. The van der Waals surface area contributed by atoms with Crippen molar-refractivity contribution in [3.05, 3.63) is 34.9 Å². The molecule has 0 bridgehead atoms. The van der Waals surface area contributed by atoms with Crippen molar-refractivity contribution in [3.63, 3.8) is 0 Å². The van der Waals surface area contributed by atoms with Crippen LogP contribution < -0.4 is 0 Å². The lowest BCUT2D eigenvalue weighted by molar-refractivity contribution is 0.0944. The molecule has 2 unspecified atom stereocenters. The van der Waals surface area contributed by atoms with Gasteiger partial charge in [0.25, 0.3) is 0 Å². The molecule has 0 aliphatic carbocycles. The number of hydrogen-bond acceptors (Lipinski definition) is 2. The molecule has 2 atom stereocenters. The lowest BCUT2D eigenvalue weighted by Crippen LogP contribution is -2.07. The third-order valence-corrected chi connectivity index (χ3v) is 4.03. The number of aliphatic hydroxyl groups excluding tert-OH is 1. The second kappa shape index (κ2) is 6.35. The maximum Gasteiger partial charge on any atom is 0.0792 e. The van der Waals surface area contributed by atoms with E-state index in [2.05, 4.69) is 19.9 Å². The average molecular weight is 248 g/mol. The molecule has 2 heteroatoms. The number of aryl methyl sites for hydroxylation is 1. The molecule has 0 amide bonds. The van der Waals surface area contributed by atoms with Crippen molar-refractivity contribution in [3.8, 4) is 0 Å². The topological polar surface area (TPSA) is 29.5 Å². The zero-order chi connectivity index (χ0) is 13.0. The Kier molecular flexibility index (Phi) is 4.79. The monoisotopic (exact) mass is 248 g/mol. The Labute approximate surface area is 110 Å². The Morgan fingerprint density at radius 3 is 2.94 bits per heavy atom. The highest BCUT2D eigenvalue weighted by molar-refractivity contribution is 5.34. The van der Waals surface area contributed by atoms with E-state index in [1.807, 2.05) is 12.1 Å². The van der Waals surface area contributed by atoms with Crippen LogP contribution in [0.25, 0.3) is 0 Å². The van der Waals surface area contributed by atoms with Crippen molar-refractivity contribution in [2.45, 2.75) is 58.2 Å². The summed E-state index contributed by atoms with van der Waals surface area (Å²) in [6.07, 6.45) is 5.47. The van der Waals surface area contributed by atoms with E-state index in [0.29, 0.717) is 6.10 Å². The molecule has 1 N–H and O–H groups in total. The highest BCUT2D eigenvalue weighted by atomic mass is 16.5. The highest BCUT2D eigenvalue weighted by Crippen LogP contribution is 2.26. The summed E-state index contributed by atoms with van der Waals surface area (Å²) in [7, 11) is 0. The van der Waals surface area contributed by atoms with Crippen LogP contribution in [0.3, 0.4) is 0 Å². The van der Waals surface area contributed by atoms with Crippen molar-refractivity contribution in [1.29, 1.82) is 0 Å². The van der Waals surface area contributed by atoms with E-state index in [-0.39, 0.29) is 6.10 Å². The van der Waals surface area contributed by atoms with Gasteiger partial charge in [0.15, 0.2) is 0 Å². The molecule has 1 fully saturated rings. The first-order chi connectivity index (χ1) is 8.68. The largest absolute Gasteiger partial charge is 0.388 e. The van der Waals surface area contributed by atoms with Crippen LogP contribution in [0.5, 0.6) is 0 Å². The molecular weight excluding hydrogens is 224 g/mol. The average Bonchev–Trinajstić information content (AvgIpc) is 2.85. The highest BCUT2D eigenvalue weighted by Gasteiger charge is 2.16. The summed E-state index contributed by atoms with van der Waals surface area (Å²) in [5, 5.41) is 10.3. The number of aliphatic hydroxyl groups is 1. The molecule has 100 valence electrons. The van der Waals surface area contributed by atoms with Crippen LogP contribution in [0.15, 0.2) is 18.2 Å². The summed E-state index contributed by atoms with van der Waals surface area (Å²) in [5.41, 5.74) is 3.56. The van der Waals surface area contributed by atoms with Gasteiger partial charge in [0.05, 0.1) is 12.2 Å². The van der Waals surface area contributed by atoms with Gasteiger partial charge in [-0.15, -0.1) is 0 Å². The molecule has 1 aliphatic rings. The first-order valence-electron chi connectivity index (χ1n) is 7.04. The van der Waals surface area contributed by atoms with Crippen molar-refractivity contribution in [1.82, 2.24) is 0 Å². The summed E-state index contributed by atoms with van der Waals surface area (Å²) in [5.74, 6) is 0. The van der Waals surface area contributed by atoms with Gasteiger partial charge in [-0.05, 0) is 62.6 Å². The molecule has 0 aromatic heterocycles. The first-order valence-corrected chi connectivity index (χ1v) is 7.04. The van der Waals surface area contributed by atoms with Crippen LogP contribution in [0.2, 0.25) is 0 Å². The second-order valence-electron chi connectivity index (χ2n) is 5.37. The van der Waals surface area contributed by atoms with Gasteiger partial charge in [-0.2, -0.15) is 0 Å². The van der Waals surface area contributed by atoms with E-state index in [4.69, 9.17) is 4.74 Å². The molecule has 0 spiro atoms. The van der Waals surface area contributed by atoms with E-state index in [0.717, 1.165) is 31.4 Å². The number of benzene rings is 1. The number of ether oxygens (including phenoxy) is 1. The third-order valence-electron chi connectivity index (χ3n) is 4.03. The molecule has 1 heterocycles. The molecule has 1 aromatic carbocycles. The van der Waals surface area contributed by atoms with Gasteiger partial charge in [0, 0.05) is 6.61 Å². The molecule has 2 nitrogen and oxygen atoms in total. The Bertz CT molecular complexity index is 381. The molecule has 1 aromatic rings. The maximum atomic E-state index is 10.3. The molecule has 1 saturated heterocycles. The van der Waals surface area contributed by atoms with Gasteiger partial charge >= 0.3 is 0 Å². The summed E-state index contributed by atoms with van der Waals surface area (Å²) in [4.78, 5) is 0. The quantitative estimate of drug-likeness (QED) is 0.861. The van der Waals surface area contributed by atoms with Gasteiger partial charge in [-0.3, -0.25) is 0 Å². The Morgan fingerprint density at radius 2 is 2.22 bits per heavy atom. The van der Waals surface area contributed by atoms with Crippen LogP contribution in [-0.2, 0) is 4.74 Å². The molecule has 2 rings (SSSR count). The Balaban J connectivity index is 1.83. The SMILES string of the molecule is Cc1cccc(C(O)CCCC2CCCO2)c1C. The summed E-state index contributed by atoms with van der Waals surface area (Å²) in [6, 6.07) is 6.16. The summed E-state index contributed by atoms with van der Waals surface area (Å²) < 4.78 is 5.60. The zero-order valence-corrected chi connectivity index (χ0v) is 11.5. The van der Waals surface area contributed by atoms with Crippen LogP contribution in [-0.4, -0.2) is 17.8 Å². The minimum absolute atomic E-state index is 0.327. The Hall–Kier alpha value is -0.860. The van der Waals surface area contributed by atoms with E-state index in [9.17, 15) is 5.11 Å². The van der Waals surface area contributed by atoms with Crippen molar-refractivity contribution < 1.29 is 9.84 Å². The normalized spacial score (nSPS) is 21.2. The van der Waals surface area contributed by atoms with E-state index in [1.165, 1.54) is 24.0 Å². The minimum Gasteiger partial charge on any atom is -0.388 e. The predicted molar refractivity (Wildman–Crippen MR) is 73.7 cm³/mol. The fourth-order valence-corrected chi connectivity index (χ4v) is 2.70. The smallest absolute Gasteiger partial charge is 0.0792 e. The maximum absolute atomic E-state index is 10.3. The van der Waals surface area contributed by atoms with Crippen LogP contribution >= 0.6 is 0 Å². The lowest BCUT2D eigenvalue weighted by atomic mass is 9.95. The summed E-state index contributed by atoms with van der Waals surface area (Å²) >= 11 is 0. The van der Waals surface area contributed by atoms with Gasteiger partial charge < -0.3 is 9.84 Å². The van der Waals surface area contributed by atoms with Crippen LogP contribution in [0.4, 0.5) is 0 Å². The number of rotatable bonds is 5. The van der Waals surface area contributed by atoms with Crippen LogP contribution in [0, 0.1) is 13.8 Å². The van der Waals surface area contributed by atoms with Gasteiger partial charge in [0.1, 0.15) is 0 Å². The Morgan fingerprint density at radius 1 is 1.39 bits per heavy atom. The van der Waals surface area contributed by atoms with E-state index in [1.54, 1.807) is 0 Å². The fraction of sp³-hybridized carbons (Fsp3) is 0.625. The second-order valence-corrected chi connectivity index (χ2v) is 5.37. The van der Waals surface area contributed by atoms with E-state index < -0.39 is 0 Å². The lowest BCUT2D eigenvalue weighted by Gasteiger charge is -2.16. The molecule has 18 heavy (non-hydrogen) atoms. The van der Waals surface area contributed by atoms with Crippen LogP contribution in [0.1, 0.15) is 54.9 Å². The van der Waals surface area contributed by atoms with Crippen molar-refractivity contribution in [2.24, 2.45) is 0 Å². The minimum atomic E-state index is -0.327. The summed E-state index contributed by atoms with van der Waals surface area (Å²) in [6.45, 7) is 5.11.